The smallest absolute Gasteiger partial charge is 0.392 e. The maximum absolute atomic E-state index is 11.8. The van der Waals surface area contributed by atoms with Crippen molar-refractivity contribution < 1.29 is 13.2 Å². The van der Waals surface area contributed by atoms with Crippen LogP contribution in [0.3, 0.4) is 0 Å². The lowest BCUT2D eigenvalue weighted by atomic mass is 10.5. The Kier molecular flexibility index (Phi) is 6.46. The predicted octanol–water partition coefficient (Wildman–Crippen LogP) is 1.85. The molecule has 0 aliphatic heterocycles. The van der Waals surface area contributed by atoms with Gasteiger partial charge in [-0.05, 0) is 18.3 Å². The molecule has 0 radical (unpaired) electrons. The lowest BCUT2D eigenvalue weighted by Crippen LogP contribution is -2.34. The molecule has 0 heterocycles. The Morgan fingerprint density at radius 3 is 2.43 bits per heavy atom. The number of thioether (sulfide) groups is 1. The van der Waals surface area contributed by atoms with E-state index < -0.39 is 5.51 Å². The van der Waals surface area contributed by atoms with Gasteiger partial charge in [0.25, 0.3) is 0 Å². The Hall–Kier alpha value is -0.0100. The number of likely N-dealkylation sites (N-methyl/N-ethyl adjacent to an activating group) is 1. The van der Waals surface area contributed by atoms with Gasteiger partial charge in [0.2, 0.25) is 0 Å². The first-order valence-corrected chi connectivity index (χ1v) is 5.46. The second-order valence-electron chi connectivity index (χ2n) is 2.63. The average Bonchev–Trinajstić information content (AvgIpc) is 1.99. The molecule has 7 heteroatoms. The fourth-order valence-electron chi connectivity index (χ4n) is 0.860. The predicted molar refractivity (Wildman–Crippen MR) is 57.4 cm³/mol. The molecule has 0 aliphatic carbocycles. The molecular formula is C7H13F3N2S2. The van der Waals surface area contributed by atoms with Crippen molar-refractivity contribution in [1.29, 1.82) is 0 Å². The van der Waals surface area contributed by atoms with Gasteiger partial charge in [0.15, 0.2) is 0 Å². The Morgan fingerprint density at radius 2 is 2.07 bits per heavy atom. The van der Waals surface area contributed by atoms with E-state index in [4.69, 9.17) is 5.73 Å². The third kappa shape index (κ3) is 8.58. The lowest BCUT2D eigenvalue weighted by molar-refractivity contribution is -0.0328. The first kappa shape index (κ1) is 14.0. The molecule has 0 bridgehead atoms. The summed E-state index contributed by atoms with van der Waals surface area (Å²) in [5.41, 5.74) is 1.14. The molecule has 0 aromatic carbocycles. The van der Waals surface area contributed by atoms with Crippen molar-refractivity contribution in [2.45, 2.75) is 12.4 Å². The first-order chi connectivity index (χ1) is 6.35. The van der Waals surface area contributed by atoms with E-state index in [0.29, 0.717) is 24.6 Å². The van der Waals surface area contributed by atoms with Crippen molar-refractivity contribution in [2.75, 3.05) is 25.4 Å². The van der Waals surface area contributed by atoms with Crippen LogP contribution in [0.4, 0.5) is 13.2 Å². The van der Waals surface area contributed by atoms with Gasteiger partial charge in [-0.3, -0.25) is 4.90 Å². The second-order valence-corrected chi connectivity index (χ2v) is 4.31. The number of nitrogens with zero attached hydrogens (tertiary/aromatic N) is 1. The summed E-state index contributed by atoms with van der Waals surface area (Å²) in [7, 11) is 0. The zero-order valence-corrected chi connectivity index (χ0v) is 9.44. The Morgan fingerprint density at radius 1 is 1.50 bits per heavy atom. The van der Waals surface area contributed by atoms with Crippen molar-refractivity contribution in [2.24, 2.45) is 5.73 Å². The fraction of sp³-hybridized carbons (Fsp3) is 0.857. The molecule has 0 rings (SSSR count). The monoisotopic (exact) mass is 246 g/mol. The van der Waals surface area contributed by atoms with Crippen LogP contribution >= 0.6 is 24.0 Å². The number of hydrogen-bond acceptors (Lipinski definition) is 3. The summed E-state index contributed by atoms with van der Waals surface area (Å²) in [6, 6.07) is 0. The summed E-state index contributed by atoms with van der Waals surface area (Å²) < 4.78 is 35.3. The second kappa shape index (κ2) is 6.47. The van der Waals surface area contributed by atoms with Gasteiger partial charge >= 0.3 is 5.51 Å². The molecule has 0 saturated heterocycles. The van der Waals surface area contributed by atoms with Crippen LogP contribution in [0.1, 0.15) is 6.92 Å². The summed E-state index contributed by atoms with van der Waals surface area (Å²) in [5.74, 6) is 0.0138. The molecule has 0 amide bonds. The van der Waals surface area contributed by atoms with Gasteiger partial charge < -0.3 is 5.73 Å². The van der Waals surface area contributed by atoms with Crippen LogP contribution in [0.15, 0.2) is 0 Å². The van der Waals surface area contributed by atoms with E-state index in [9.17, 15) is 13.2 Å². The van der Waals surface area contributed by atoms with Gasteiger partial charge in [0.1, 0.15) is 0 Å². The minimum Gasteiger partial charge on any atom is -0.392 e. The summed E-state index contributed by atoms with van der Waals surface area (Å²) in [6.07, 6.45) is 0. The van der Waals surface area contributed by atoms with Crippen LogP contribution in [0, 0.1) is 0 Å². The number of alkyl halides is 3. The Bertz CT molecular complexity index is 184. The Labute approximate surface area is 91.0 Å². The molecule has 2 nitrogen and oxygen atoms in total. The number of hydrogen-bond donors (Lipinski definition) is 1. The summed E-state index contributed by atoms with van der Waals surface area (Å²) in [5, 5.41) is 0. The molecule has 0 aromatic rings. The zero-order chi connectivity index (χ0) is 11.2. The van der Waals surface area contributed by atoms with Crippen LogP contribution in [-0.2, 0) is 0 Å². The van der Waals surface area contributed by atoms with Gasteiger partial charge in [-0.15, -0.1) is 0 Å². The van der Waals surface area contributed by atoms with E-state index in [2.05, 4.69) is 12.2 Å². The van der Waals surface area contributed by atoms with Crippen molar-refractivity contribution >= 4 is 29.0 Å². The topological polar surface area (TPSA) is 29.3 Å². The molecule has 0 fully saturated rings. The van der Waals surface area contributed by atoms with Crippen molar-refractivity contribution in [3.63, 3.8) is 0 Å². The van der Waals surface area contributed by atoms with Gasteiger partial charge in [-0.1, -0.05) is 19.1 Å². The largest absolute Gasteiger partial charge is 0.441 e. The van der Waals surface area contributed by atoms with Gasteiger partial charge in [0, 0.05) is 18.8 Å². The highest BCUT2D eigenvalue weighted by atomic mass is 32.2. The van der Waals surface area contributed by atoms with E-state index in [0.717, 1.165) is 0 Å². The maximum atomic E-state index is 11.8. The SMILES string of the molecule is CCN(CCSC(F)(F)F)CC(N)=S. The Balaban J connectivity index is 3.68. The molecule has 0 unspecified atom stereocenters. The third-order valence-electron chi connectivity index (χ3n) is 1.50. The van der Waals surface area contributed by atoms with E-state index >= 15 is 0 Å². The average molecular weight is 246 g/mol. The summed E-state index contributed by atoms with van der Waals surface area (Å²) in [6.45, 7) is 3.23. The van der Waals surface area contributed by atoms with Crippen LogP contribution in [-0.4, -0.2) is 40.8 Å². The molecule has 2 N–H and O–H groups in total. The summed E-state index contributed by atoms with van der Waals surface area (Å²) in [4.78, 5) is 2.09. The van der Waals surface area contributed by atoms with Crippen LogP contribution in [0.5, 0.6) is 0 Å². The number of halogens is 3. The van der Waals surface area contributed by atoms with Gasteiger partial charge in [-0.2, -0.15) is 13.2 Å². The maximum Gasteiger partial charge on any atom is 0.441 e. The van der Waals surface area contributed by atoms with Gasteiger partial charge in [-0.25, -0.2) is 0 Å². The molecule has 0 aliphatic rings. The number of thiocarbonyl (C=S) groups is 1. The van der Waals surface area contributed by atoms with Crippen molar-refractivity contribution in [3.8, 4) is 0 Å². The van der Waals surface area contributed by atoms with Gasteiger partial charge in [0.05, 0.1) is 4.99 Å². The zero-order valence-electron chi connectivity index (χ0n) is 7.80. The van der Waals surface area contributed by atoms with Crippen molar-refractivity contribution in [1.82, 2.24) is 4.90 Å². The molecule has 84 valence electrons. The van der Waals surface area contributed by atoms with Crippen LogP contribution in [0.2, 0.25) is 0 Å². The highest BCUT2D eigenvalue weighted by Gasteiger charge is 2.27. The highest BCUT2D eigenvalue weighted by molar-refractivity contribution is 8.00. The summed E-state index contributed by atoms with van der Waals surface area (Å²) >= 11 is 4.65. The van der Waals surface area contributed by atoms with E-state index in [-0.39, 0.29) is 17.5 Å². The van der Waals surface area contributed by atoms with E-state index in [1.165, 1.54) is 0 Å². The standard InChI is InChI=1S/C7H13F3N2S2/c1-2-12(5-6(11)13)3-4-14-7(8,9)10/h2-5H2,1H3,(H2,11,13). The first-order valence-electron chi connectivity index (χ1n) is 4.06. The molecular weight excluding hydrogens is 233 g/mol. The quantitative estimate of drug-likeness (QED) is 0.724. The minimum atomic E-state index is -4.15. The van der Waals surface area contributed by atoms with E-state index in [1.807, 2.05) is 6.92 Å². The highest BCUT2D eigenvalue weighted by Crippen LogP contribution is 2.29. The fourth-order valence-corrected chi connectivity index (χ4v) is 1.62. The lowest BCUT2D eigenvalue weighted by Gasteiger charge is -2.19. The van der Waals surface area contributed by atoms with Crippen molar-refractivity contribution in [3.05, 3.63) is 0 Å². The molecule has 0 saturated carbocycles. The van der Waals surface area contributed by atoms with Crippen LogP contribution < -0.4 is 5.73 Å². The molecule has 0 atom stereocenters. The van der Waals surface area contributed by atoms with Crippen LogP contribution in [0.25, 0.3) is 0 Å². The molecule has 0 spiro atoms. The minimum absolute atomic E-state index is 0.0138. The number of rotatable bonds is 6. The normalized spacial score (nSPS) is 12.1. The van der Waals surface area contributed by atoms with E-state index in [1.54, 1.807) is 4.90 Å². The molecule has 0 aromatic heterocycles. The third-order valence-corrected chi connectivity index (χ3v) is 2.34. The molecule has 14 heavy (non-hydrogen) atoms. The number of nitrogens with two attached hydrogens (primary N) is 1.